The van der Waals surface area contributed by atoms with Gasteiger partial charge in [-0.25, -0.2) is 0 Å². The van der Waals surface area contributed by atoms with Crippen LogP contribution in [0, 0.1) is 3.95 Å². The van der Waals surface area contributed by atoms with E-state index in [0.717, 1.165) is 11.3 Å². The minimum atomic E-state index is -4.50. The largest absolute Gasteiger partial charge is 0.419 e. The number of aromatic amines is 2. The van der Waals surface area contributed by atoms with Gasteiger partial charge in [0.2, 0.25) is 0 Å². The number of hydrogen-bond acceptors (Lipinski definition) is 3. The maximum Gasteiger partial charge on any atom is 0.419 e. The quantitative estimate of drug-likeness (QED) is 0.708. The third kappa shape index (κ3) is 1.70. The Morgan fingerprint density at radius 3 is 2.67 bits per heavy atom. The van der Waals surface area contributed by atoms with Crippen LogP contribution in [-0.2, 0) is 6.18 Å². The third-order valence-corrected chi connectivity index (χ3v) is 3.04. The van der Waals surface area contributed by atoms with E-state index in [4.69, 9.17) is 12.2 Å². The van der Waals surface area contributed by atoms with E-state index in [1.807, 2.05) is 4.98 Å². The lowest BCUT2D eigenvalue weighted by atomic mass is 10.2. The van der Waals surface area contributed by atoms with Crippen molar-refractivity contribution in [3.8, 4) is 0 Å². The molecule has 0 aromatic carbocycles. The fourth-order valence-corrected chi connectivity index (χ4v) is 2.38. The Hall–Kier alpha value is -1.15. The van der Waals surface area contributed by atoms with Crippen LogP contribution in [0.25, 0.3) is 10.2 Å². The molecule has 8 heteroatoms. The summed E-state index contributed by atoms with van der Waals surface area (Å²) in [7, 11) is 0. The SMILES string of the molecule is O=c1[nH]cc(C(F)(F)F)c2sc(=S)[nH]c12. The fourth-order valence-electron chi connectivity index (χ4n) is 1.16. The molecular formula is C7H3F3N2OS2. The molecule has 2 rings (SSSR count). The molecule has 2 N–H and O–H groups in total. The lowest BCUT2D eigenvalue weighted by Gasteiger charge is -2.05. The van der Waals surface area contributed by atoms with Crippen molar-refractivity contribution in [1.82, 2.24) is 9.97 Å². The van der Waals surface area contributed by atoms with E-state index in [2.05, 4.69) is 4.98 Å². The van der Waals surface area contributed by atoms with Crippen molar-refractivity contribution >= 4 is 33.8 Å². The Morgan fingerprint density at radius 1 is 1.40 bits per heavy atom. The van der Waals surface area contributed by atoms with Crippen LogP contribution in [0.2, 0.25) is 0 Å². The summed E-state index contributed by atoms with van der Waals surface area (Å²) in [6, 6.07) is 0. The maximum atomic E-state index is 12.5. The van der Waals surface area contributed by atoms with Crippen LogP contribution in [0.5, 0.6) is 0 Å². The first-order valence-corrected chi connectivity index (χ1v) is 4.94. The number of fused-ring (bicyclic) bond motifs is 1. The standard InChI is InChI=1S/C7H3F3N2OS2/c8-7(9,10)2-1-11-5(13)3-4(2)15-6(14)12-3/h1H,(H,11,13)(H,12,14). The lowest BCUT2D eigenvalue weighted by molar-refractivity contribution is -0.136. The van der Waals surface area contributed by atoms with Gasteiger partial charge in [-0.2, -0.15) is 13.2 Å². The predicted octanol–water partition coefficient (Wildman–Crippen LogP) is 2.67. The van der Waals surface area contributed by atoms with E-state index < -0.39 is 17.3 Å². The molecule has 2 aromatic heterocycles. The summed E-state index contributed by atoms with van der Waals surface area (Å²) in [5.41, 5.74) is -1.61. The van der Waals surface area contributed by atoms with Crippen molar-refractivity contribution in [1.29, 1.82) is 0 Å². The summed E-state index contributed by atoms with van der Waals surface area (Å²) in [6.07, 6.45) is -3.84. The Balaban J connectivity index is 2.95. The molecule has 0 atom stereocenters. The van der Waals surface area contributed by atoms with Crippen LogP contribution in [0.3, 0.4) is 0 Å². The molecule has 0 fully saturated rings. The Labute approximate surface area is 89.6 Å². The molecule has 0 aliphatic carbocycles. The van der Waals surface area contributed by atoms with Crippen LogP contribution in [-0.4, -0.2) is 9.97 Å². The molecule has 0 spiro atoms. The van der Waals surface area contributed by atoms with Gasteiger partial charge < -0.3 is 9.97 Å². The van der Waals surface area contributed by atoms with Crippen molar-refractivity contribution in [2.45, 2.75) is 6.18 Å². The molecule has 2 heterocycles. The Morgan fingerprint density at radius 2 is 2.07 bits per heavy atom. The van der Waals surface area contributed by atoms with E-state index in [1.54, 1.807) is 0 Å². The molecule has 3 nitrogen and oxygen atoms in total. The molecule has 0 aliphatic rings. The minimum absolute atomic E-state index is 0.125. The highest BCUT2D eigenvalue weighted by molar-refractivity contribution is 7.73. The number of hydrogen-bond donors (Lipinski definition) is 2. The number of alkyl halides is 3. The van der Waals surface area contributed by atoms with Gasteiger partial charge in [0, 0.05) is 6.20 Å². The summed E-state index contributed by atoms with van der Waals surface area (Å²) in [4.78, 5) is 15.6. The highest BCUT2D eigenvalue weighted by Crippen LogP contribution is 2.34. The normalized spacial score (nSPS) is 12.2. The Kier molecular flexibility index (Phi) is 2.19. The molecule has 0 saturated carbocycles. The molecule has 0 bridgehead atoms. The smallest absolute Gasteiger partial charge is 0.332 e. The molecule has 0 radical (unpaired) electrons. The third-order valence-electron chi connectivity index (χ3n) is 1.77. The van der Waals surface area contributed by atoms with Crippen LogP contribution in [0.1, 0.15) is 5.56 Å². The molecule has 15 heavy (non-hydrogen) atoms. The number of nitrogens with one attached hydrogen (secondary N) is 2. The lowest BCUT2D eigenvalue weighted by Crippen LogP contribution is -2.12. The van der Waals surface area contributed by atoms with E-state index in [0.29, 0.717) is 6.20 Å². The van der Waals surface area contributed by atoms with Gasteiger partial charge in [0.25, 0.3) is 5.56 Å². The van der Waals surface area contributed by atoms with Gasteiger partial charge in [-0.1, -0.05) is 0 Å². The molecule has 80 valence electrons. The summed E-state index contributed by atoms with van der Waals surface area (Å²) in [5, 5.41) is 0. The van der Waals surface area contributed by atoms with Gasteiger partial charge in [-0.05, 0) is 12.2 Å². The van der Waals surface area contributed by atoms with Crippen molar-refractivity contribution in [3.63, 3.8) is 0 Å². The second-order valence-corrected chi connectivity index (χ2v) is 4.44. The van der Waals surface area contributed by atoms with Gasteiger partial charge in [-0.3, -0.25) is 4.79 Å². The van der Waals surface area contributed by atoms with Crippen LogP contribution >= 0.6 is 23.6 Å². The summed E-state index contributed by atoms with van der Waals surface area (Å²) in [6.45, 7) is 0. The average Bonchev–Trinajstić information content (AvgIpc) is 2.45. The van der Waals surface area contributed by atoms with Crippen LogP contribution in [0.15, 0.2) is 11.0 Å². The number of thiazole rings is 1. The number of H-pyrrole nitrogens is 2. The number of aromatic nitrogens is 2. The van der Waals surface area contributed by atoms with E-state index in [-0.39, 0.29) is 14.2 Å². The van der Waals surface area contributed by atoms with E-state index in [1.165, 1.54) is 0 Å². The zero-order chi connectivity index (χ0) is 11.2. The molecule has 0 amide bonds. The zero-order valence-corrected chi connectivity index (χ0v) is 8.57. The van der Waals surface area contributed by atoms with Gasteiger partial charge in [-0.15, -0.1) is 11.3 Å². The number of halogens is 3. The van der Waals surface area contributed by atoms with Gasteiger partial charge >= 0.3 is 6.18 Å². The van der Waals surface area contributed by atoms with Gasteiger partial charge in [0.15, 0.2) is 3.95 Å². The first-order valence-electron chi connectivity index (χ1n) is 3.71. The second kappa shape index (κ2) is 3.17. The molecule has 2 aromatic rings. The number of rotatable bonds is 0. The fraction of sp³-hybridized carbons (Fsp3) is 0.143. The van der Waals surface area contributed by atoms with Crippen LogP contribution < -0.4 is 5.56 Å². The topological polar surface area (TPSA) is 48.6 Å². The summed E-state index contributed by atoms with van der Waals surface area (Å²) < 4.78 is 37.5. The van der Waals surface area contributed by atoms with Crippen molar-refractivity contribution in [3.05, 3.63) is 26.1 Å². The van der Waals surface area contributed by atoms with Gasteiger partial charge in [0.1, 0.15) is 5.52 Å². The van der Waals surface area contributed by atoms with Crippen molar-refractivity contribution < 1.29 is 13.2 Å². The molecule has 0 aliphatic heterocycles. The summed E-state index contributed by atoms with van der Waals surface area (Å²) in [5.74, 6) is 0. The molecule has 0 saturated heterocycles. The van der Waals surface area contributed by atoms with E-state index in [9.17, 15) is 18.0 Å². The first kappa shape index (κ1) is 10.4. The van der Waals surface area contributed by atoms with Crippen molar-refractivity contribution in [2.24, 2.45) is 0 Å². The minimum Gasteiger partial charge on any atom is -0.332 e. The first-order chi connectivity index (χ1) is 6.89. The van der Waals surface area contributed by atoms with Crippen LogP contribution in [0.4, 0.5) is 13.2 Å². The second-order valence-electron chi connectivity index (χ2n) is 2.75. The van der Waals surface area contributed by atoms with E-state index >= 15 is 0 Å². The maximum absolute atomic E-state index is 12.5. The number of pyridine rings is 1. The highest BCUT2D eigenvalue weighted by Gasteiger charge is 2.34. The van der Waals surface area contributed by atoms with Gasteiger partial charge in [0.05, 0.1) is 10.3 Å². The average molecular weight is 252 g/mol. The summed E-state index contributed by atoms with van der Waals surface area (Å²) >= 11 is 5.44. The molecular weight excluding hydrogens is 249 g/mol. The monoisotopic (exact) mass is 252 g/mol. The highest BCUT2D eigenvalue weighted by atomic mass is 32.1. The predicted molar refractivity (Wildman–Crippen MR) is 52.6 cm³/mol. The van der Waals surface area contributed by atoms with Crippen molar-refractivity contribution in [2.75, 3.05) is 0 Å². The Bertz CT molecular complexity index is 621. The molecule has 0 unspecified atom stereocenters. The zero-order valence-electron chi connectivity index (χ0n) is 6.94.